The monoisotopic (exact) mass is 261 g/mol. The summed E-state index contributed by atoms with van der Waals surface area (Å²) in [6.45, 7) is 2.04. The topological polar surface area (TPSA) is 50.9 Å². The Kier molecular flexibility index (Phi) is 4.31. The van der Waals surface area contributed by atoms with E-state index in [9.17, 15) is 0 Å². The number of nitrogens with zero attached hydrogens (tertiary/aromatic N) is 1. The molecule has 0 radical (unpaired) electrons. The summed E-state index contributed by atoms with van der Waals surface area (Å²) in [6.07, 6.45) is 2.58. The Hall–Kier alpha value is -1.42. The van der Waals surface area contributed by atoms with Crippen molar-refractivity contribution in [3.05, 3.63) is 64.4 Å². The Morgan fingerprint density at radius 2 is 2.00 bits per heavy atom. The van der Waals surface area contributed by atoms with Crippen LogP contribution in [0.5, 0.6) is 0 Å². The average molecular weight is 262 g/mol. The van der Waals surface area contributed by atoms with Crippen LogP contribution in [0.2, 0.25) is 5.02 Å². The first kappa shape index (κ1) is 13.0. The summed E-state index contributed by atoms with van der Waals surface area (Å²) >= 11 is 5.87. The minimum absolute atomic E-state index is 0.00563. The SMILES string of the molecule is Cc1ccnc(C(Cc2ccc(Cl)cc2)NN)c1. The van der Waals surface area contributed by atoms with E-state index in [1.54, 1.807) is 6.20 Å². The Bertz CT molecular complexity index is 511. The van der Waals surface area contributed by atoms with Gasteiger partial charge in [-0.25, -0.2) is 0 Å². The molecular weight excluding hydrogens is 246 g/mol. The van der Waals surface area contributed by atoms with Gasteiger partial charge in [-0.15, -0.1) is 0 Å². The number of hydrogen-bond acceptors (Lipinski definition) is 3. The molecule has 0 spiro atoms. The van der Waals surface area contributed by atoms with Crippen molar-refractivity contribution in [2.24, 2.45) is 5.84 Å². The smallest absolute Gasteiger partial charge is 0.0672 e. The van der Waals surface area contributed by atoms with Crippen molar-refractivity contribution in [3.8, 4) is 0 Å². The zero-order chi connectivity index (χ0) is 13.0. The summed E-state index contributed by atoms with van der Waals surface area (Å²) in [6, 6.07) is 11.8. The van der Waals surface area contributed by atoms with Crippen LogP contribution >= 0.6 is 11.6 Å². The number of nitrogens with two attached hydrogens (primary N) is 1. The number of rotatable bonds is 4. The van der Waals surface area contributed by atoms with E-state index >= 15 is 0 Å². The average Bonchev–Trinajstić information content (AvgIpc) is 2.38. The van der Waals surface area contributed by atoms with Gasteiger partial charge in [0.05, 0.1) is 11.7 Å². The molecule has 3 nitrogen and oxygen atoms in total. The first-order chi connectivity index (χ1) is 8.69. The highest BCUT2D eigenvalue weighted by atomic mass is 35.5. The molecule has 0 saturated heterocycles. The fourth-order valence-electron chi connectivity index (χ4n) is 1.86. The van der Waals surface area contributed by atoms with Crippen molar-refractivity contribution >= 4 is 11.6 Å². The molecule has 1 aromatic carbocycles. The zero-order valence-corrected chi connectivity index (χ0v) is 11.0. The molecule has 0 bridgehead atoms. The highest BCUT2D eigenvalue weighted by molar-refractivity contribution is 6.30. The lowest BCUT2D eigenvalue weighted by molar-refractivity contribution is 0.538. The van der Waals surface area contributed by atoms with Crippen LogP contribution in [0.15, 0.2) is 42.6 Å². The van der Waals surface area contributed by atoms with E-state index in [1.165, 1.54) is 11.1 Å². The first-order valence-electron chi connectivity index (χ1n) is 5.82. The molecule has 0 saturated carbocycles. The number of aryl methyl sites for hydroxylation is 1. The summed E-state index contributed by atoms with van der Waals surface area (Å²) in [5.41, 5.74) is 6.11. The molecule has 0 aliphatic carbocycles. The lowest BCUT2D eigenvalue weighted by Crippen LogP contribution is -2.30. The van der Waals surface area contributed by atoms with E-state index in [-0.39, 0.29) is 6.04 Å². The molecule has 1 atom stereocenters. The van der Waals surface area contributed by atoms with Crippen molar-refractivity contribution in [1.29, 1.82) is 0 Å². The van der Waals surface area contributed by atoms with E-state index in [1.807, 2.05) is 43.3 Å². The maximum atomic E-state index is 5.87. The number of nitrogens with one attached hydrogen (secondary N) is 1. The minimum Gasteiger partial charge on any atom is -0.271 e. The van der Waals surface area contributed by atoms with Crippen LogP contribution in [-0.2, 0) is 6.42 Å². The largest absolute Gasteiger partial charge is 0.271 e. The Labute approximate surface area is 112 Å². The summed E-state index contributed by atoms with van der Waals surface area (Å²) < 4.78 is 0. The zero-order valence-electron chi connectivity index (χ0n) is 10.2. The number of aromatic nitrogens is 1. The fourth-order valence-corrected chi connectivity index (χ4v) is 1.98. The van der Waals surface area contributed by atoms with Gasteiger partial charge >= 0.3 is 0 Å². The van der Waals surface area contributed by atoms with E-state index in [2.05, 4.69) is 10.4 Å². The van der Waals surface area contributed by atoms with Gasteiger partial charge in [0.25, 0.3) is 0 Å². The first-order valence-corrected chi connectivity index (χ1v) is 6.20. The molecule has 2 aromatic rings. The molecule has 4 heteroatoms. The van der Waals surface area contributed by atoms with Gasteiger partial charge in [-0.05, 0) is 48.7 Å². The second-order valence-electron chi connectivity index (χ2n) is 4.31. The normalized spacial score (nSPS) is 12.4. The van der Waals surface area contributed by atoms with Gasteiger partial charge in [-0.2, -0.15) is 0 Å². The van der Waals surface area contributed by atoms with Crippen LogP contribution in [0.1, 0.15) is 22.9 Å². The highest BCUT2D eigenvalue weighted by Crippen LogP contribution is 2.18. The van der Waals surface area contributed by atoms with Gasteiger partial charge < -0.3 is 0 Å². The maximum Gasteiger partial charge on any atom is 0.0672 e. The van der Waals surface area contributed by atoms with Crippen LogP contribution in [0, 0.1) is 6.92 Å². The van der Waals surface area contributed by atoms with Crippen LogP contribution < -0.4 is 11.3 Å². The van der Waals surface area contributed by atoms with E-state index in [0.29, 0.717) is 0 Å². The third-order valence-corrected chi connectivity index (χ3v) is 3.10. The molecule has 0 aliphatic heterocycles. The van der Waals surface area contributed by atoms with Gasteiger partial charge in [0.15, 0.2) is 0 Å². The van der Waals surface area contributed by atoms with Gasteiger partial charge in [0.1, 0.15) is 0 Å². The van der Waals surface area contributed by atoms with Crippen molar-refractivity contribution in [3.63, 3.8) is 0 Å². The molecule has 94 valence electrons. The highest BCUT2D eigenvalue weighted by Gasteiger charge is 2.11. The number of hydrogen-bond donors (Lipinski definition) is 2. The molecule has 3 N–H and O–H groups in total. The summed E-state index contributed by atoms with van der Waals surface area (Å²) in [4.78, 5) is 4.36. The molecule has 0 aliphatic rings. The molecule has 1 heterocycles. The lowest BCUT2D eigenvalue weighted by atomic mass is 10.0. The quantitative estimate of drug-likeness (QED) is 0.657. The van der Waals surface area contributed by atoms with E-state index < -0.39 is 0 Å². The molecule has 0 amide bonds. The summed E-state index contributed by atoms with van der Waals surface area (Å²) in [5.74, 6) is 5.62. The predicted molar refractivity (Wildman–Crippen MR) is 74.2 cm³/mol. The van der Waals surface area contributed by atoms with Crippen molar-refractivity contribution < 1.29 is 0 Å². The Morgan fingerprint density at radius 3 is 2.61 bits per heavy atom. The lowest BCUT2D eigenvalue weighted by Gasteiger charge is -2.15. The van der Waals surface area contributed by atoms with Crippen molar-refractivity contribution in [2.75, 3.05) is 0 Å². The number of halogens is 1. The number of benzene rings is 1. The van der Waals surface area contributed by atoms with Gasteiger partial charge in [0.2, 0.25) is 0 Å². The van der Waals surface area contributed by atoms with E-state index in [0.717, 1.165) is 17.1 Å². The maximum absolute atomic E-state index is 5.87. The van der Waals surface area contributed by atoms with Crippen LogP contribution in [0.3, 0.4) is 0 Å². The fraction of sp³-hybridized carbons (Fsp3) is 0.214. The molecule has 1 aromatic heterocycles. The molecular formula is C14H16ClN3. The summed E-state index contributed by atoms with van der Waals surface area (Å²) in [5, 5.41) is 0.740. The third kappa shape index (κ3) is 3.29. The van der Waals surface area contributed by atoms with Crippen molar-refractivity contribution in [1.82, 2.24) is 10.4 Å². The molecule has 1 unspecified atom stereocenters. The van der Waals surface area contributed by atoms with Crippen LogP contribution in [0.4, 0.5) is 0 Å². The van der Waals surface area contributed by atoms with Gasteiger partial charge in [0, 0.05) is 11.2 Å². The predicted octanol–water partition coefficient (Wildman–Crippen LogP) is 2.79. The molecule has 2 rings (SSSR count). The Balaban J connectivity index is 2.17. The molecule has 0 fully saturated rings. The number of pyridine rings is 1. The van der Waals surface area contributed by atoms with Crippen LogP contribution in [0.25, 0.3) is 0 Å². The molecule has 18 heavy (non-hydrogen) atoms. The minimum atomic E-state index is 0.00563. The van der Waals surface area contributed by atoms with Crippen molar-refractivity contribution in [2.45, 2.75) is 19.4 Å². The van der Waals surface area contributed by atoms with Gasteiger partial charge in [-0.1, -0.05) is 23.7 Å². The summed E-state index contributed by atoms with van der Waals surface area (Å²) in [7, 11) is 0. The standard InChI is InChI=1S/C14H16ClN3/c1-10-6-7-17-13(8-10)14(18-16)9-11-2-4-12(15)5-3-11/h2-8,14,18H,9,16H2,1H3. The second kappa shape index (κ2) is 5.96. The van der Waals surface area contributed by atoms with Crippen LogP contribution in [-0.4, -0.2) is 4.98 Å². The number of hydrazine groups is 1. The Morgan fingerprint density at radius 1 is 1.28 bits per heavy atom. The van der Waals surface area contributed by atoms with Gasteiger partial charge in [-0.3, -0.25) is 16.3 Å². The van der Waals surface area contributed by atoms with E-state index in [4.69, 9.17) is 17.4 Å². The second-order valence-corrected chi connectivity index (χ2v) is 4.74. The third-order valence-electron chi connectivity index (χ3n) is 2.85.